The summed E-state index contributed by atoms with van der Waals surface area (Å²) < 4.78 is 66.5. The van der Waals surface area contributed by atoms with Gasteiger partial charge in [0.1, 0.15) is 5.69 Å². The molecule has 0 saturated carbocycles. The SMILES string of the molecule is CC1C(=O)c2[nH]ncc2C(c2cccnc2)N1S(=O)(=O)c1ccc(C(F)(F)F)cc1. The van der Waals surface area contributed by atoms with E-state index < -0.39 is 39.6 Å². The fourth-order valence-electron chi connectivity index (χ4n) is 3.53. The van der Waals surface area contributed by atoms with E-state index in [0.717, 1.165) is 16.4 Å². The summed E-state index contributed by atoms with van der Waals surface area (Å²) >= 11 is 0. The maximum absolute atomic E-state index is 13.5. The number of carbonyl (C=O) groups excluding carboxylic acids is 1. The summed E-state index contributed by atoms with van der Waals surface area (Å²) in [5.41, 5.74) is 0.0666. The van der Waals surface area contributed by atoms with Gasteiger partial charge in [0.15, 0.2) is 5.78 Å². The number of benzene rings is 1. The number of aromatic amines is 1. The van der Waals surface area contributed by atoms with E-state index in [2.05, 4.69) is 15.2 Å². The van der Waals surface area contributed by atoms with Crippen LogP contribution in [0.3, 0.4) is 0 Å². The van der Waals surface area contributed by atoms with Crippen molar-refractivity contribution in [1.82, 2.24) is 19.5 Å². The highest BCUT2D eigenvalue weighted by Crippen LogP contribution is 2.40. The maximum Gasteiger partial charge on any atom is 0.416 e. The summed E-state index contributed by atoms with van der Waals surface area (Å²) in [6.07, 6.45) is -0.238. The Hall–Kier alpha value is -3.05. The minimum absolute atomic E-state index is 0.190. The number of rotatable bonds is 3. The van der Waals surface area contributed by atoms with Gasteiger partial charge in [-0.15, -0.1) is 0 Å². The minimum Gasteiger partial charge on any atom is -0.291 e. The van der Waals surface area contributed by atoms with Crippen LogP contribution in [0, 0.1) is 0 Å². The fourth-order valence-corrected chi connectivity index (χ4v) is 5.28. The van der Waals surface area contributed by atoms with Gasteiger partial charge in [0.05, 0.1) is 28.7 Å². The molecule has 0 amide bonds. The van der Waals surface area contributed by atoms with Crippen LogP contribution in [-0.2, 0) is 16.2 Å². The predicted octanol–water partition coefficient (Wildman–Crippen LogP) is 3.19. The molecule has 30 heavy (non-hydrogen) atoms. The van der Waals surface area contributed by atoms with Crippen molar-refractivity contribution >= 4 is 15.8 Å². The second-order valence-electron chi connectivity index (χ2n) is 6.79. The lowest BCUT2D eigenvalue weighted by molar-refractivity contribution is -0.137. The molecule has 0 radical (unpaired) electrons. The highest BCUT2D eigenvalue weighted by Gasteiger charge is 2.46. The Morgan fingerprint density at radius 1 is 1.10 bits per heavy atom. The van der Waals surface area contributed by atoms with Gasteiger partial charge in [-0.25, -0.2) is 8.42 Å². The van der Waals surface area contributed by atoms with Crippen LogP contribution in [-0.4, -0.2) is 39.7 Å². The van der Waals surface area contributed by atoms with Crippen molar-refractivity contribution in [1.29, 1.82) is 0 Å². The molecule has 1 aliphatic rings. The summed E-state index contributed by atoms with van der Waals surface area (Å²) in [5.74, 6) is -0.488. The number of carbonyl (C=O) groups is 1. The molecule has 2 aromatic heterocycles. The van der Waals surface area contributed by atoms with Gasteiger partial charge < -0.3 is 0 Å². The summed E-state index contributed by atoms with van der Waals surface area (Å²) in [7, 11) is -4.35. The normalized spacial score (nSPS) is 20.2. The molecular formula is C19H15F3N4O3S. The molecule has 0 saturated heterocycles. The third-order valence-corrected chi connectivity index (χ3v) is 6.93. The Bertz CT molecular complexity index is 1190. The minimum atomic E-state index is -4.60. The molecule has 1 aromatic carbocycles. The summed E-state index contributed by atoms with van der Waals surface area (Å²) in [6, 6.07) is 4.42. The number of H-pyrrole nitrogens is 1. The van der Waals surface area contributed by atoms with Gasteiger partial charge in [-0.2, -0.15) is 22.6 Å². The molecule has 1 aliphatic heterocycles. The van der Waals surface area contributed by atoms with Crippen molar-refractivity contribution in [2.24, 2.45) is 0 Å². The largest absolute Gasteiger partial charge is 0.416 e. The molecular weight excluding hydrogens is 421 g/mol. The molecule has 2 atom stereocenters. The Morgan fingerprint density at radius 2 is 1.80 bits per heavy atom. The number of fused-ring (bicyclic) bond motifs is 1. The van der Waals surface area contributed by atoms with E-state index >= 15 is 0 Å². The molecule has 0 spiro atoms. The lowest BCUT2D eigenvalue weighted by Crippen LogP contribution is -2.49. The number of aromatic nitrogens is 3. The van der Waals surface area contributed by atoms with Crippen LogP contribution in [0.15, 0.2) is 59.9 Å². The van der Waals surface area contributed by atoms with Crippen LogP contribution in [0.4, 0.5) is 13.2 Å². The highest BCUT2D eigenvalue weighted by molar-refractivity contribution is 7.89. The molecule has 2 unspecified atom stereocenters. The quantitative estimate of drug-likeness (QED) is 0.680. The zero-order valence-corrected chi connectivity index (χ0v) is 16.3. The molecule has 11 heteroatoms. The Balaban J connectivity index is 1.87. The highest BCUT2D eigenvalue weighted by atomic mass is 32.2. The Kier molecular flexibility index (Phi) is 4.74. The number of hydrogen-bond acceptors (Lipinski definition) is 5. The number of pyridine rings is 1. The molecule has 0 bridgehead atoms. The zero-order chi connectivity index (χ0) is 21.7. The third-order valence-electron chi connectivity index (χ3n) is 4.98. The first kappa shape index (κ1) is 20.2. The van der Waals surface area contributed by atoms with Gasteiger partial charge in [0, 0.05) is 18.0 Å². The molecule has 1 N–H and O–H groups in total. The number of ketones is 1. The van der Waals surface area contributed by atoms with Crippen molar-refractivity contribution in [2.75, 3.05) is 0 Å². The molecule has 0 aliphatic carbocycles. The van der Waals surface area contributed by atoms with Gasteiger partial charge >= 0.3 is 6.18 Å². The smallest absolute Gasteiger partial charge is 0.291 e. The van der Waals surface area contributed by atoms with Gasteiger partial charge in [0.25, 0.3) is 0 Å². The van der Waals surface area contributed by atoms with Crippen molar-refractivity contribution in [3.8, 4) is 0 Å². The van der Waals surface area contributed by atoms with Crippen molar-refractivity contribution < 1.29 is 26.4 Å². The van der Waals surface area contributed by atoms with E-state index in [1.165, 1.54) is 25.5 Å². The first-order valence-corrected chi connectivity index (χ1v) is 10.2. The van der Waals surface area contributed by atoms with Gasteiger partial charge in [-0.3, -0.25) is 14.9 Å². The molecule has 4 rings (SSSR count). The summed E-state index contributed by atoms with van der Waals surface area (Å²) in [4.78, 5) is 16.5. The second-order valence-corrected chi connectivity index (χ2v) is 8.63. The maximum atomic E-state index is 13.5. The summed E-state index contributed by atoms with van der Waals surface area (Å²) in [6.45, 7) is 1.43. The molecule has 0 fully saturated rings. The van der Waals surface area contributed by atoms with Gasteiger partial charge in [-0.1, -0.05) is 6.07 Å². The van der Waals surface area contributed by atoms with Crippen LogP contribution in [0.25, 0.3) is 0 Å². The topological polar surface area (TPSA) is 96.0 Å². The average Bonchev–Trinajstić information content (AvgIpc) is 3.20. The number of alkyl halides is 3. The lowest BCUT2D eigenvalue weighted by atomic mass is 9.92. The van der Waals surface area contributed by atoms with E-state index in [4.69, 9.17) is 0 Å². The van der Waals surface area contributed by atoms with E-state index in [-0.39, 0.29) is 10.6 Å². The number of nitrogens with one attached hydrogen (secondary N) is 1. The Labute approximate surface area is 169 Å². The first-order chi connectivity index (χ1) is 14.1. The molecule has 156 valence electrons. The van der Waals surface area contributed by atoms with Crippen LogP contribution in [0.5, 0.6) is 0 Å². The van der Waals surface area contributed by atoms with Gasteiger partial charge in [-0.05, 0) is 42.8 Å². The van der Waals surface area contributed by atoms with E-state index in [1.54, 1.807) is 12.1 Å². The van der Waals surface area contributed by atoms with E-state index in [1.807, 2.05) is 0 Å². The number of Topliss-reactive ketones (excluding diaryl/α,β-unsaturated/α-hetero) is 1. The summed E-state index contributed by atoms with van der Waals surface area (Å²) in [5, 5.41) is 6.49. The standard InChI is InChI=1S/C19H15F3N4O3S/c1-11-18(27)16-15(10-24-25-16)17(12-3-2-8-23-9-12)26(11)30(28,29)14-6-4-13(5-7-14)19(20,21)22/h2-11,17H,1H3,(H,24,25). The molecule has 3 heterocycles. The number of sulfonamides is 1. The van der Waals surface area contributed by atoms with Gasteiger partial charge in [0.2, 0.25) is 10.0 Å². The number of halogens is 3. The van der Waals surface area contributed by atoms with Crippen molar-refractivity contribution in [3.05, 3.63) is 77.4 Å². The molecule has 3 aromatic rings. The van der Waals surface area contributed by atoms with E-state index in [0.29, 0.717) is 23.3 Å². The first-order valence-electron chi connectivity index (χ1n) is 8.80. The number of nitrogens with zero attached hydrogens (tertiary/aromatic N) is 3. The molecule has 7 nitrogen and oxygen atoms in total. The third kappa shape index (κ3) is 3.19. The predicted molar refractivity (Wildman–Crippen MR) is 98.9 cm³/mol. The van der Waals surface area contributed by atoms with Crippen LogP contribution in [0.2, 0.25) is 0 Å². The Morgan fingerprint density at radius 3 is 2.40 bits per heavy atom. The van der Waals surface area contributed by atoms with Crippen LogP contribution < -0.4 is 0 Å². The lowest BCUT2D eigenvalue weighted by Gasteiger charge is -2.38. The fraction of sp³-hybridized carbons (Fsp3) is 0.211. The van der Waals surface area contributed by atoms with Crippen molar-refractivity contribution in [3.63, 3.8) is 0 Å². The van der Waals surface area contributed by atoms with Crippen molar-refractivity contribution in [2.45, 2.75) is 30.1 Å². The monoisotopic (exact) mass is 436 g/mol. The van der Waals surface area contributed by atoms with E-state index in [9.17, 15) is 26.4 Å². The second kappa shape index (κ2) is 7.03. The number of hydrogen-bond donors (Lipinski definition) is 1. The van der Waals surface area contributed by atoms with Crippen LogP contribution in [0.1, 0.15) is 40.1 Å². The average molecular weight is 436 g/mol. The van der Waals surface area contributed by atoms with Crippen LogP contribution >= 0.6 is 0 Å². The zero-order valence-electron chi connectivity index (χ0n) is 15.5.